The maximum Gasteiger partial charge on any atom is 0.130 e. The molecule has 1 saturated heterocycles. The van der Waals surface area contributed by atoms with Gasteiger partial charge < -0.3 is 0 Å². The van der Waals surface area contributed by atoms with Gasteiger partial charge in [0.15, 0.2) is 0 Å². The van der Waals surface area contributed by atoms with Gasteiger partial charge in [0, 0.05) is 6.04 Å². The summed E-state index contributed by atoms with van der Waals surface area (Å²) < 4.78 is 0. The van der Waals surface area contributed by atoms with Crippen LogP contribution >= 0.6 is 0 Å². The van der Waals surface area contributed by atoms with E-state index < -0.39 is 0 Å². The number of hydrogen-bond acceptors (Lipinski definition) is 4. The number of likely N-dealkylation sites (tertiary alicyclic amines) is 1. The van der Waals surface area contributed by atoms with Gasteiger partial charge in [0.25, 0.3) is 0 Å². The fourth-order valence-electron chi connectivity index (χ4n) is 3.78. The molecule has 4 heteroatoms. The van der Waals surface area contributed by atoms with Gasteiger partial charge in [-0.1, -0.05) is 20.3 Å². The molecule has 2 aliphatic rings. The molecule has 0 bridgehead atoms. The number of piperidine rings is 1. The van der Waals surface area contributed by atoms with Crippen molar-refractivity contribution in [2.45, 2.75) is 52.0 Å². The molecule has 1 aliphatic carbocycles. The molecule has 21 heavy (non-hydrogen) atoms. The number of nitriles is 3. The van der Waals surface area contributed by atoms with Crippen molar-refractivity contribution in [2.24, 2.45) is 11.3 Å². The van der Waals surface area contributed by atoms with Gasteiger partial charge in [-0.25, -0.2) is 0 Å². The van der Waals surface area contributed by atoms with Crippen molar-refractivity contribution in [3.63, 3.8) is 0 Å². The standard InChI is InChI=1S/C17H22N4/c1-17(2)8-14(13(10-18)11-19)15(12-20)16(9-17)21-6-4-3-5-7-21/h15-16H,3-9H2,1-2H3. The molecule has 0 aromatic rings. The molecule has 1 heterocycles. The lowest BCUT2D eigenvalue weighted by Gasteiger charge is -2.46. The quantitative estimate of drug-likeness (QED) is 0.692. The zero-order valence-corrected chi connectivity index (χ0v) is 12.9. The number of allylic oxidation sites excluding steroid dienone is 1. The van der Waals surface area contributed by atoms with Crippen molar-refractivity contribution >= 4 is 0 Å². The number of nitrogens with zero attached hydrogens (tertiary/aromatic N) is 4. The van der Waals surface area contributed by atoms with Crippen LogP contribution in [-0.4, -0.2) is 24.0 Å². The van der Waals surface area contributed by atoms with Crippen LogP contribution in [0.4, 0.5) is 0 Å². The van der Waals surface area contributed by atoms with Crippen molar-refractivity contribution in [2.75, 3.05) is 13.1 Å². The molecule has 0 aromatic carbocycles. The van der Waals surface area contributed by atoms with E-state index in [-0.39, 0.29) is 22.9 Å². The molecule has 1 aliphatic heterocycles. The zero-order chi connectivity index (χ0) is 15.5. The van der Waals surface area contributed by atoms with Crippen molar-refractivity contribution in [3.8, 4) is 18.2 Å². The van der Waals surface area contributed by atoms with Crippen molar-refractivity contribution in [1.82, 2.24) is 4.90 Å². The number of hydrogen-bond donors (Lipinski definition) is 0. The van der Waals surface area contributed by atoms with E-state index in [9.17, 15) is 15.8 Å². The summed E-state index contributed by atoms with van der Waals surface area (Å²) in [4.78, 5) is 2.41. The third-order valence-electron chi connectivity index (χ3n) is 4.73. The summed E-state index contributed by atoms with van der Waals surface area (Å²) in [5, 5.41) is 28.1. The Hall–Kier alpha value is -1.83. The van der Waals surface area contributed by atoms with Crippen molar-refractivity contribution < 1.29 is 0 Å². The van der Waals surface area contributed by atoms with Crippen molar-refractivity contribution in [3.05, 3.63) is 11.1 Å². The first-order chi connectivity index (χ1) is 10.0. The van der Waals surface area contributed by atoms with E-state index in [4.69, 9.17) is 0 Å². The molecule has 2 atom stereocenters. The molecule has 0 spiro atoms. The van der Waals surface area contributed by atoms with Crippen molar-refractivity contribution in [1.29, 1.82) is 15.8 Å². The molecule has 4 nitrogen and oxygen atoms in total. The minimum absolute atomic E-state index is 0.0315. The second kappa shape index (κ2) is 6.30. The smallest absolute Gasteiger partial charge is 0.130 e. The van der Waals surface area contributed by atoms with Gasteiger partial charge >= 0.3 is 0 Å². The summed E-state index contributed by atoms with van der Waals surface area (Å²) in [6.07, 6.45) is 5.24. The van der Waals surface area contributed by atoms with Crippen LogP contribution < -0.4 is 0 Å². The molecule has 2 unspecified atom stereocenters. The molecular weight excluding hydrogens is 260 g/mol. The second-order valence-corrected chi connectivity index (χ2v) is 6.94. The average Bonchev–Trinajstić information content (AvgIpc) is 2.48. The van der Waals surface area contributed by atoms with Crippen LogP contribution in [0.15, 0.2) is 11.1 Å². The number of rotatable bonds is 1. The van der Waals surface area contributed by atoms with E-state index in [0.717, 1.165) is 25.1 Å². The van der Waals surface area contributed by atoms with Crippen LogP contribution in [0.25, 0.3) is 0 Å². The zero-order valence-electron chi connectivity index (χ0n) is 12.9. The topological polar surface area (TPSA) is 74.6 Å². The molecule has 0 radical (unpaired) electrons. The van der Waals surface area contributed by atoms with E-state index in [2.05, 4.69) is 24.8 Å². The summed E-state index contributed by atoms with van der Waals surface area (Å²) in [5.74, 6) is -0.314. The normalized spacial score (nSPS) is 29.0. The van der Waals surface area contributed by atoms with Crippen LogP contribution in [0.1, 0.15) is 46.0 Å². The Kier molecular flexibility index (Phi) is 4.66. The highest BCUT2D eigenvalue weighted by Crippen LogP contribution is 2.45. The SMILES string of the molecule is CC1(C)CC(=C(C#N)C#N)C(C#N)C(N2CCCCC2)C1. The third-order valence-corrected chi connectivity index (χ3v) is 4.73. The summed E-state index contributed by atoms with van der Waals surface area (Å²) in [5.41, 5.74) is 0.940. The van der Waals surface area contributed by atoms with Gasteiger partial charge in [-0.05, 0) is 49.8 Å². The monoisotopic (exact) mass is 282 g/mol. The summed E-state index contributed by atoms with van der Waals surface area (Å²) in [6.45, 7) is 6.40. The van der Waals surface area contributed by atoms with Crippen LogP contribution in [-0.2, 0) is 0 Å². The summed E-state index contributed by atoms with van der Waals surface area (Å²) in [7, 11) is 0. The lowest BCUT2D eigenvalue weighted by atomic mass is 9.66. The average molecular weight is 282 g/mol. The van der Waals surface area contributed by atoms with Crippen LogP contribution in [0.2, 0.25) is 0 Å². The predicted octanol–water partition coefficient (Wildman–Crippen LogP) is 3.14. The van der Waals surface area contributed by atoms with E-state index in [1.807, 2.05) is 12.1 Å². The van der Waals surface area contributed by atoms with Gasteiger partial charge in [0.2, 0.25) is 0 Å². The van der Waals surface area contributed by atoms with Gasteiger partial charge in [0.1, 0.15) is 17.7 Å². The Labute approximate surface area is 127 Å². The largest absolute Gasteiger partial charge is 0.299 e. The van der Waals surface area contributed by atoms with Gasteiger partial charge in [-0.15, -0.1) is 0 Å². The van der Waals surface area contributed by atoms with Gasteiger partial charge in [-0.3, -0.25) is 4.90 Å². The molecule has 110 valence electrons. The molecule has 0 amide bonds. The molecule has 1 saturated carbocycles. The second-order valence-electron chi connectivity index (χ2n) is 6.94. The first-order valence-corrected chi connectivity index (χ1v) is 7.69. The Morgan fingerprint density at radius 1 is 1.10 bits per heavy atom. The lowest BCUT2D eigenvalue weighted by Crippen LogP contribution is -2.49. The van der Waals surface area contributed by atoms with Gasteiger partial charge in [0.05, 0.1) is 12.0 Å². The highest BCUT2D eigenvalue weighted by Gasteiger charge is 2.42. The minimum atomic E-state index is -0.314. The fraction of sp³-hybridized carbons (Fsp3) is 0.706. The van der Waals surface area contributed by atoms with E-state index in [1.165, 1.54) is 19.3 Å². The minimum Gasteiger partial charge on any atom is -0.299 e. The molecule has 2 rings (SSSR count). The first-order valence-electron chi connectivity index (χ1n) is 7.69. The highest BCUT2D eigenvalue weighted by molar-refractivity contribution is 5.44. The van der Waals surface area contributed by atoms with Gasteiger partial charge in [-0.2, -0.15) is 15.8 Å². The van der Waals surface area contributed by atoms with E-state index in [0.29, 0.717) is 6.42 Å². The maximum atomic E-state index is 9.64. The Morgan fingerprint density at radius 3 is 2.24 bits per heavy atom. The van der Waals surface area contributed by atoms with Crippen LogP contribution in [0.3, 0.4) is 0 Å². The summed E-state index contributed by atoms with van der Waals surface area (Å²) in [6, 6.07) is 6.52. The highest BCUT2D eigenvalue weighted by atomic mass is 15.2. The maximum absolute atomic E-state index is 9.64. The van der Waals surface area contributed by atoms with E-state index in [1.54, 1.807) is 0 Å². The van der Waals surface area contributed by atoms with E-state index >= 15 is 0 Å². The summed E-state index contributed by atoms with van der Waals surface area (Å²) >= 11 is 0. The Morgan fingerprint density at radius 2 is 1.71 bits per heavy atom. The lowest BCUT2D eigenvalue weighted by molar-refractivity contribution is 0.0794. The Balaban J connectivity index is 2.40. The fourth-order valence-corrected chi connectivity index (χ4v) is 3.78. The molecule has 0 N–H and O–H groups in total. The molecule has 0 aromatic heterocycles. The van der Waals surface area contributed by atoms with Crippen LogP contribution in [0, 0.1) is 45.3 Å². The molecule has 2 fully saturated rings. The Bertz CT molecular complexity index is 531. The predicted molar refractivity (Wildman–Crippen MR) is 79.6 cm³/mol. The molecular formula is C17H22N4. The third kappa shape index (κ3) is 3.26. The first kappa shape index (κ1) is 15.6. The van der Waals surface area contributed by atoms with Crippen LogP contribution in [0.5, 0.6) is 0 Å².